The van der Waals surface area contributed by atoms with Crippen LogP contribution in [0.1, 0.15) is 28.5 Å². The van der Waals surface area contributed by atoms with Crippen LogP contribution in [0.3, 0.4) is 0 Å². The van der Waals surface area contributed by atoms with Gasteiger partial charge in [0.1, 0.15) is 0 Å². The van der Waals surface area contributed by atoms with Crippen LogP contribution >= 0.6 is 0 Å². The molecule has 0 aliphatic carbocycles. The Labute approximate surface area is 148 Å². The molecular weight excluding hydrogens is 316 g/mol. The quantitative estimate of drug-likeness (QED) is 0.779. The molecule has 1 aliphatic rings. The van der Waals surface area contributed by atoms with E-state index in [0.717, 1.165) is 32.7 Å². The Morgan fingerprint density at radius 2 is 1.88 bits per heavy atom. The Hall–Kier alpha value is -2.47. The van der Waals surface area contributed by atoms with Gasteiger partial charge < -0.3 is 9.64 Å². The second-order valence-electron chi connectivity index (χ2n) is 6.14. The van der Waals surface area contributed by atoms with Crippen molar-refractivity contribution in [2.75, 3.05) is 37.7 Å². The Bertz CT molecular complexity index is 713. The molecule has 1 saturated heterocycles. The lowest BCUT2D eigenvalue weighted by molar-refractivity contribution is 0.0524. The molecule has 0 radical (unpaired) electrons. The normalized spacial score (nSPS) is 15.2. The van der Waals surface area contributed by atoms with Crippen LogP contribution in [0.25, 0.3) is 0 Å². The molecule has 6 nitrogen and oxygen atoms in total. The molecule has 2 heterocycles. The van der Waals surface area contributed by atoms with Crippen molar-refractivity contribution in [2.24, 2.45) is 0 Å². The first-order chi connectivity index (χ1) is 12.2. The van der Waals surface area contributed by atoms with Gasteiger partial charge in [0.15, 0.2) is 0 Å². The van der Waals surface area contributed by atoms with E-state index in [4.69, 9.17) is 4.74 Å². The summed E-state index contributed by atoms with van der Waals surface area (Å²) in [5.41, 5.74) is 2.44. The van der Waals surface area contributed by atoms with Crippen molar-refractivity contribution in [2.45, 2.75) is 20.4 Å². The van der Waals surface area contributed by atoms with E-state index >= 15 is 0 Å². The van der Waals surface area contributed by atoms with Gasteiger partial charge in [0.05, 0.1) is 17.9 Å². The fourth-order valence-electron chi connectivity index (χ4n) is 2.96. The highest BCUT2D eigenvalue weighted by atomic mass is 16.5. The van der Waals surface area contributed by atoms with Gasteiger partial charge in [0.2, 0.25) is 5.95 Å². The minimum absolute atomic E-state index is 0.351. The number of piperazine rings is 1. The highest BCUT2D eigenvalue weighted by Gasteiger charge is 2.20. The van der Waals surface area contributed by atoms with Crippen LogP contribution in [0.5, 0.6) is 0 Å². The number of benzene rings is 1. The summed E-state index contributed by atoms with van der Waals surface area (Å²) in [4.78, 5) is 25.3. The van der Waals surface area contributed by atoms with Crippen LogP contribution in [-0.4, -0.2) is 53.6 Å². The summed E-state index contributed by atoms with van der Waals surface area (Å²) in [5.74, 6) is 0.323. The largest absolute Gasteiger partial charge is 0.462 e. The van der Waals surface area contributed by atoms with Gasteiger partial charge >= 0.3 is 5.97 Å². The Morgan fingerprint density at radius 1 is 1.16 bits per heavy atom. The van der Waals surface area contributed by atoms with Gasteiger partial charge in [0.25, 0.3) is 0 Å². The molecule has 0 saturated carbocycles. The molecule has 0 unspecified atom stereocenters. The molecule has 0 amide bonds. The molecule has 2 aromatic rings. The summed E-state index contributed by atoms with van der Waals surface area (Å²) in [6.45, 7) is 8.63. The SMILES string of the molecule is CCOC(=O)c1cnc(N2CCN(Cc3ccccc3)CC2)nc1C. The number of hydrogen-bond acceptors (Lipinski definition) is 6. The lowest BCUT2D eigenvalue weighted by Gasteiger charge is -2.34. The van der Waals surface area contributed by atoms with E-state index < -0.39 is 0 Å². The minimum Gasteiger partial charge on any atom is -0.462 e. The number of hydrogen-bond donors (Lipinski definition) is 0. The van der Waals surface area contributed by atoms with E-state index in [1.165, 1.54) is 5.56 Å². The average Bonchev–Trinajstić information content (AvgIpc) is 2.63. The van der Waals surface area contributed by atoms with Crippen molar-refractivity contribution in [3.63, 3.8) is 0 Å². The summed E-state index contributed by atoms with van der Waals surface area (Å²) >= 11 is 0. The lowest BCUT2D eigenvalue weighted by atomic mass is 10.2. The topological polar surface area (TPSA) is 58.6 Å². The number of rotatable bonds is 5. The molecule has 1 aliphatic heterocycles. The van der Waals surface area contributed by atoms with Crippen molar-refractivity contribution in [3.05, 3.63) is 53.3 Å². The van der Waals surface area contributed by atoms with Gasteiger partial charge in [-0.2, -0.15) is 0 Å². The maximum absolute atomic E-state index is 11.8. The molecule has 3 rings (SSSR count). The first-order valence-electron chi connectivity index (χ1n) is 8.69. The summed E-state index contributed by atoms with van der Waals surface area (Å²) < 4.78 is 5.03. The second kappa shape index (κ2) is 8.07. The monoisotopic (exact) mass is 340 g/mol. The van der Waals surface area contributed by atoms with Gasteiger partial charge in [-0.1, -0.05) is 30.3 Å². The van der Waals surface area contributed by atoms with Crippen molar-refractivity contribution < 1.29 is 9.53 Å². The van der Waals surface area contributed by atoms with Gasteiger partial charge in [-0.15, -0.1) is 0 Å². The Balaban J connectivity index is 1.59. The lowest BCUT2D eigenvalue weighted by Crippen LogP contribution is -2.46. The van der Waals surface area contributed by atoms with Crippen LogP contribution in [0.2, 0.25) is 0 Å². The third kappa shape index (κ3) is 4.33. The maximum Gasteiger partial charge on any atom is 0.341 e. The number of nitrogens with zero attached hydrogens (tertiary/aromatic N) is 4. The predicted molar refractivity (Wildman–Crippen MR) is 96.7 cm³/mol. The molecule has 0 atom stereocenters. The molecule has 25 heavy (non-hydrogen) atoms. The van der Waals surface area contributed by atoms with Crippen LogP contribution in [0.15, 0.2) is 36.5 Å². The molecule has 0 bridgehead atoms. The van der Waals surface area contributed by atoms with E-state index in [0.29, 0.717) is 23.8 Å². The zero-order chi connectivity index (χ0) is 17.6. The molecule has 0 N–H and O–H groups in total. The molecule has 132 valence electrons. The standard InChI is InChI=1S/C19H24N4O2/c1-3-25-18(24)17-13-20-19(21-15(17)2)23-11-9-22(10-12-23)14-16-7-5-4-6-8-16/h4-8,13H,3,9-12,14H2,1-2H3. The number of esters is 1. The van der Waals surface area contributed by atoms with Crippen LogP contribution in [0.4, 0.5) is 5.95 Å². The fourth-order valence-corrected chi connectivity index (χ4v) is 2.96. The maximum atomic E-state index is 11.8. The summed E-state index contributed by atoms with van der Waals surface area (Å²) in [5, 5.41) is 0. The molecular formula is C19H24N4O2. The van der Waals surface area contributed by atoms with Crippen molar-refractivity contribution in [3.8, 4) is 0 Å². The van der Waals surface area contributed by atoms with Gasteiger partial charge in [-0.05, 0) is 19.4 Å². The third-order valence-corrected chi connectivity index (χ3v) is 4.37. The number of aromatic nitrogens is 2. The average molecular weight is 340 g/mol. The van der Waals surface area contributed by atoms with E-state index in [9.17, 15) is 4.79 Å². The van der Waals surface area contributed by atoms with Crippen LogP contribution < -0.4 is 4.90 Å². The van der Waals surface area contributed by atoms with Crippen molar-refractivity contribution in [1.29, 1.82) is 0 Å². The Morgan fingerprint density at radius 3 is 2.52 bits per heavy atom. The highest BCUT2D eigenvalue weighted by molar-refractivity contribution is 5.90. The molecule has 0 spiro atoms. The minimum atomic E-state index is -0.362. The first-order valence-corrected chi connectivity index (χ1v) is 8.69. The predicted octanol–water partition coefficient (Wildman–Crippen LogP) is 2.28. The summed E-state index contributed by atoms with van der Waals surface area (Å²) in [6.07, 6.45) is 1.58. The fraction of sp³-hybridized carbons (Fsp3) is 0.421. The van der Waals surface area contributed by atoms with E-state index in [1.807, 2.05) is 13.0 Å². The van der Waals surface area contributed by atoms with Gasteiger partial charge in [-0.3, -0.25) is 4.90 Å². The third-order valence-electron chi connectivity index (χ3n) is 4.37. The smallest absolute Gasteiger partial charge is 0.341 e. The number of carbonyl (C=O) groups excluding carboxylic acids is 1. The molecule has 1 fully saturated rings. The number of carbonyl (C=O) groups is 1. The molecule has 1 aromatic carbocycles. The second-order valence-corrected chi connectivity index (χ2v) is 6.14. The van der Waals surface area contributed by atoms with Gasteiger partial charge in [-0.25, -0.2) is 14.8 Å². The number of ether oxygens (including phenoxy) is 1. The highest BCUT2D eigenvalue weighted by Crippen LogP contribution is 2.15. The number of anilines is 1. The van der Waals surface area contributed by atoms with Crippen LogP contribution in [-0.2, 0) is 11.3 Å². The van der Waals surface area contributed by atoms with Gasteiger partial charge in [0, 0.05) is 38.9 Å². The number of aryl methyl sites for hydroxylation is 1. The summed E-state index contributed by atoms with van der Waals surface area (Å²) in [6, 6.07) is 10.5. The van der Waals surface area contributed by atoms with Crippen LogP contribution in [0, 0.1) is 6.92 Å². The van der Waals surface area contributed by atoms with Crippen molar-refractivity contribution in [1.82, 2.24) is 14.9 Å². The zero-order valence-corrected chi connectivity index (χ0v) is 14.8. The zero-order valence-electron chi connectivity index (χ0n) is 14.8. The van der Waals surface area contributed by atoms with Crippen molar-refractivity contribution >= 4 is 11.9 Å². The first kappa shape index (κ1) is 17.4. The van der Waals surface area contributed by atoms with E-state index in [-0.39, 0.29) is 5.97 Å². The summed E-state index contributed by atoms with van der Waals surface area (Å²) in [7, 11) is 0. The van der Waals surface area contributed by atoms with E-state index in [1.54, 1.807) is 13.1 Å². The Kier molecular flexibility index (Phi) is 5.60. The molecule has 6 heteroatoms. The van der Waals surface area contributed by atoms with E-state index in [2.05, 4.69) is 44.0 Å². The molecule has 1 aromatic heterocycles.